The molecule has 1 aliphatic rings. The van der Waals surface area contributed by atoms with Crippen LogP contribution >= 0.6 is 0 Å². The Morgan fingerprint density at radius 3 is 2.93 bits per heavy atom. The van der Waals surface area contributed by atoms with Crippen molar-refractivity contribution in [1.29, 1.82) is 0 Å². The molecule has 1 fully saturated rings. The molecule has 4 aromatic rings. The monoisotopic (exact) mass is 381 g/mol. The van der Waals surface area contributed by atoms with Crippen LogP contribution in [0.3, 0.4) is 0 Å². The predicted molar refractivity (Wildman–Crippen MR) is 100 cm³/mol. The fourth-order valence-electron chi connectivity index (χ4n) is 3.67. The third kappa shape index (κ3) is 2.62. The maximum atomic E-state index is 13.3. The summed E-state index contributed by atoms with van der Waals surface area (Å²) in [6, 6.07) is 7.69. The number of para-hydroxylation sites is 2. The molecule has 9 nitrogen and oxygen atoms in total. The van der Waals surface area contributed by atoms with Gasteiger partial charge in [-0.1, -0.05) is 17.3 Å². The zero-order valence-electron chi connectivity index (χ0n) is 15.4. The van der Waals surface area contributed by atoms with Gasteiger partial charge in [0.05, 0.1) is 17.6 Å². The van der Waals surface area contributed by atoms with Crippen LogP contribution in [0.15, 0.2) is 39.9 Å². The largest absolute Gasteiger partial charge is 0.383 e. The first-order valence-electron chi connectivity index (χ1n) is 9.21. The van der Waals surface area contributed by atoms with Gasteiger partial charge in [-0.25, -0.2) is 4.98 Å². The summed E-state index contributed by atoms with van der Waals surface area (Å²) >= 11 is 0. The van der Waals surface area contributed by atoms with Crippen LogP contribution in [0, 0.1) is 0 Å². The molecule has 9 heteroatoms. The van der Waals surface area contributed by atoms with Gasteiger partial charge in [0.1, 0.15) is 23.6 Å². The van der Waals surface area contributed by atoms with Gasteiger partial charge in [-0.3, -0.25) is 9.20 Å². The summed E-state index contributed by atoms with van der Waals surface area (Å²) in [6.45, 7) is 1.55. The minimum absolute atomic E-state index is 0.174. The predicted octanol–water partition coefficient (Wildman–Crippen LogP) is 2.20. The van der Waals surface area contributed by atoms with E-state index < -0.39 is 0 Å². The second kappa shape index (κ2) is 6.84. The van der Waals surface area contributed by atoms with Crippen LogP contribution in [0.2, 0.25) is 0 Å². The van der Waals surface area contributed by atoms with Crippen LogP contribution in [0.4, 0.5) is 0 Å². The first-order chi connectivity index (χ1) is 13.8. The Morgan fingerprint density at radius 1 is 1.29 bits per heavy atom. The fraction of sp³-hybridized carbons (Fsp3) is 0.368. The molecule has 1 saturated heterocycles. The van der Waals surface area contributed by atoms with Crippen molar-refractivity contribution in [3.05, 3.63) is 46.8 Å². The molecular formula is C19H19N5O4. The van der Waals surface area contributed by atoms with E-state index in [0.29, 0.717) is 42.7 Å². The van der Waals surface area contributed by atoms with E-state index in [1.54, 1.807) is 22.4 Å². The van der Waals surface area contributed by atoms with Gasteiger partial charge in [-0.05, 0) is 25.0 Å². The van der Waals surface area contributed by atoms with Gasteiger partial charge < -0.3 is 18.6 Å². The molecule has 0 N–H and O–H groups in total. The highest BCUT2D eigenvalue weighted by molar-refractivity contribution is 5.83. The van der Waals surface area contributed by atoms with Crippen molar-refractivity contribution in [2.45, 2.75) is 25.5 Å². The van der Waals surface area contributed by atoms with Gasteiger partial charge >= 0.3 is 0 Å². The molecule has 0 amide bonds. The minimum atomic E-state index is -0.186. The SMILES string of the molecule is COCCn1c(=O)c2c(-c3noc(C4CCCO4)n3)ncn2c2ccccc21. The van der Waals surface area contributed by atoms with Gasteiger partial charge in [-0.15, -0.1) is 0 Å². The molecule has 0 bridgehead atoms. The molecule has 0 radical (unpaired) electrons. The number of fused-ring (bicyclic) bond motifs is 3. The number of ether oxygens (including phenoxy) is 2. The summed E-state index contributed by atoms with van der Waals surface area (Å²) in [5.74, 6) is 0.716. The Labute approximate surface area is 159 Å². The van der Waals surface area contributed by atoms with E-state index in [-0.39, 0.29) is 11.7 Å². The van der Waals surface area contributed by atoms with Crippen LogP contribution in [0.1, 0.15) is 24.8 Å². The quantitative estimate of drug-likeness (QED) is 0.523. The van der Waals surface area contributed by atoms with Crippen LogP contribution in [0.25, 0.3) is 28.1 Å². The average molecular weight is 381 g/mol. The first-order valence-corrected chi connectivity index (χ1v) is 9.21. The highest BCUT2D eigenvalue weighted by Crippen LogP contribution is 2.29. The molecule has 1 atom stereocenters. The summed E-state index contributed by atoms with van der Waals surface area (Å²) in [6.07, 6.45) is 3.25. The Hall–Kier alpha value is -3.04. The lowest BCUT2D eigenvalue weighted by atomic mass is 10.2. The van der Waals surface area contributed by atoms with Crippen LogP contribution in [-0.2, 0) is 16.0 Å². The van der Waals surface area contributed by atoms with E-state index in [4.69, 9.17) is 14.0 Å². The third-order valence-corrected chi connectivity index (χ3v) is 5.02. The van der Waals surface area contributed by atoms with Crippen molar-refractivity contribution >= 4 is 16.6 Å². The van der Waals surface area contributed by atoms with Crippen LogP contribution in [-0.4, -0.2) is 44.4 Å². The number of benzene rings is 1. The number of methoxy groups -OCH3 is 1. The summed E-state index contributed by atoms with van der Waals surface area (Å²) in [5, 5.41) is 4.05. The standard InChI is InChI=1S/C19H19N5O4/c1-26-10-8-23-12-5-2-3-6-13(12)24-11-20-15(16(24)19(23)25)17-21-18(28-22-17)14-7-4-9-27-14/h2-3,5-6,11,14H,4,7-10H2,1H3. The summed E-state index contributed by atoms with van der Waals surface area (Å²) in [7, 11) is 1.61. The van der Waals surface area contributed by atoms with E-state index in [1.165, 1.54) is 0 Å². The summed E-state index contributed by atoms with van der Waals surface area (Å²) in [4.78, 5) is 22.2. The maximum absolute atomic E-state index is 13.3. The van der Waals surface area contributed by atoms with E-state index in [1.807, 2.05) is 24.3 Å². The number of aromatic nitrogens is 5. The van der Waals surface area contributed by atoms with E-state index >= 15 is 0 Å². The van der Waals surface area contributed by atoms with Crippen molar-refractivity contribution in [2.75, 3.05) is 20.3 Å². The van der Waals surface area contributed by atoms with Crippen molar-refractivity contribution < 1.29 is 14.0 Å². The molecule has 0 saturated carbocycles. The first kappa shape index (κ1) is 17.1. The van der Waals surface area contributed by atoms with Crippen molar-refractivity contribution in [1.82, 2.24) is 24.1 Å². The van der Waals surface area contributed by atoms with Crippen LogP contribution in [0.5, 0.6) is 0 Å². The summed E-state index contributed by atoms with van der Waals surface area (Å²) < 4.78 is 19.6. The minimum Gasteiger partial charge on any atom is -0.383 e. The second-order valence-electron chi connectivity index (χ2n) is 6.71. The molecular weight excluding hydrogens is 362 g/mol. The lowest BCUT2D eigenvalue weighted by Crippen LogP contribution is -2.25. The molecule has 3 aromatic heterocycles. The number of imidazole rings is 1. The highest BCUT2D eigenvalue weighted by atomic mass is 16.5. The van der Waals surface area contributed by atoms with Gasteiger partial charge in [0, 0.05) is 20.3 Å². The fourth-order valence-corrected chi connectivity index (χ4v) is 3.67. The van der Waals surface area contributed by atoms with Gasteiger partial charge in [0.2, 0.25) is 5.82 Å². The maximum Gasteiger partial charge on any atom is 0.277 e. The van der Waals surface area contributed by atoms with E-state index in [9.17, 15) is 4.79 Å². The lowest BCUT2D eigenvalue weighted by Gasteiger charge is -2.11. The zero-order chi connectivity index (χ0) is 19.1. The van der Waals surface area contributed by atoms with Crippen molar-refractivity contribution in [3.8, 4) is 11.5 Å². The number of rotatable bonds is 5. The lowest BCUT2D eigenvalue weighted by molar-refractivity contribution is 0.0835. The molecule has 1 aliphatic heterocycles. The zero-order valence-corrected chi connectivity index (χ0v) is 15.4. The Bertz CT molecular complexity index is 1200. The molecule has 0 spiro atoms. The molecule has 28 heavy (non-hydrogen) atoms. The second-order valence-corrected chi connectivity index (χ2v) is 6.71. The van der Waals surface area contributed by atoms with Gasteiger partial charge in [0.25, 0.3) is 11.4 Å². The van der Waals surface area contributed by atoms with E-state index in [0.717, 1.165) is 23.9 Å². The number of hydrogen-bond donors (Lipinski definition) is 0. The van der Waals surface area contributed by atoms with Crippen molar-refractivity contribution in [2.24, 2.45) is 0 Å². The molecule has 0 aliphatic carbocycles. The Balaban J connectivity index is 1.71. The normalized spacial score (nSPS) is 17.1. The average Bonchev–Trinajstić information content (AvgIpc) is 3.47. The van der Waals surface area contributed by atoms with E-state index in [2.05, 4.69) is 15.1 Å². The molecule has 144 valence electrons. The smallest absolute Gasteiger partial charge is 0.277 e. The topological polar surface area (TPSA) is 96.7 Å². The van der Waals surface area contributed by atoms with Crippen LogP contribution < -0.4 is 5.56 Å². The highest BCUT2D eigenvalue weighted by Gasteiger charge is 2.26. The number of hydrogen-bond acceptors (Lipinski definition) is 7. The molecule has 4 heterocycles. The molecule has 1 unspecified atom stereocenters. The molecule has 5 rings (SSSR count). The Morgan fingerprint density at radius 2 is 2.14 bits per heavy atom. The van der Waals surface area contributed by atoms with Gasteiger partial charge in [-0.2, -0.15) is 4.98 Å². The van der Waals surface area contributed by atoms with Gasteiger partial charge in [0.15, 0.2) is 0 Å². The Kier molecular flexibility index (Phi) is 4.18. The van der Waals surface area contributed by atoms with Crippen molar-refractivity contribution in [3.63, 3.8) is 0 Å². The molecule has 1 aromatic carbocycles. The number of nitrogens with zero attached hydrogens (tertiary/aromatic N) is 5. The summed E-state index contributed by atoms with van der Waals surface area (Å²) in [5.41, 5.74) is 2.32. The third-order valence-electron chi connectivity index (χ3n) is 5.02.